The van der Waals surface area contributed by atoms with Crippen LogP contribution in [0.1, 0.15) is 29.7 Å². The Morgan fingerprint density at radius 3 is 2.11 bits per heavy atom. The maximum Gasteiger partial charge on any atom is 0.264 e. The standard InChI is InChI=1S/C26H28N2O6S2/c1-17-5-10-22(11-6-17)36(32,33)28-16-25(34-24-15-18(2)7-14-23(24)28)26(29)27-19(3)20-8-12-21(13-9-20)35(4,30)31/h5-15,19,25H,16H2,1-4H3,(H,27,29). The Balaban J connectivity index is 1.60. The van der Waals surface area contributed by atoms with Gasteiger partial charge < -0.3 is 10.1 Å². The number of rotatable bonds is 6. The molecule has 1 aliphatic rings. The van der Waals surface area contributed by atoms with Gasteiger partial charge in [0.15, 0.2) is 15.9 Å². The lowest BCUT2D eigenvalue weighted by Gasteiger charge is -2.35. The average Bonchev–Trinajstić information content (AvgIpc) is 2.82. The van der Waals surface area contributed by atoms with Crippen molar-refractivity contribution in [3.8, 4) is 5.75 Å². The van der Waals surface area contributed by atoms with Gasteiger partial charge in [-0.05, 0) is 68.3 Å². The molecule has 190 valence electrons. The summed E-state index contributed by atoms with van der Waals surface area (Å²) in [4.78, 5) is 13.5. The maximum atomic E-state index is 13.6. The average molecular weight is 529 g/mol. The topological polar surface area (TPSA) is 110 Å². The second kappa shape index (κ2) is 9.59. The Morgan fingerprint density at radius 2 is 1.50 bits per heavy atom. The van der Waals surface area contributed by atoms with E-state index >= 15 is 0 Å². The summed E-state index contributed by atoms with van der Waals surface area (Å²) >= 11 is 0. The van der Waals surface area contributed by atoms with E-state index in [1.807, 2.05) is 13.8 Å². The smallest absolute Gasteiger partial charge is 0.264 e. The number of nitrogens with one attached hydrogen (secondary N) is 1. The van der Waals surface area contributed by atoms with Crippen LogP contribution in [0.15, 0.2) is 76.5 Å². The lowest BCUT2D eigenvalue weighted by molar-refractivity contribution is -0.128. The molecule has 0 aromatic heterocycles. The van der Waals surface area contributed by atoms with Crippen molar-refractivity contribution in [1.29, 1.82) is 0 Å². The minimum Gasteiger partial charge on any atom is -0.476 e. The van der Waals surface area contributed by atoms with Gasteiger partial charge in [0.2, 0.25) is 0 Å². The molecule has 0 bridgehead atoms. The molecule has 3 aromatic carbocycles. The quantitative estimate of drug-likeness (QED) is 0.524. The Bertz CT molecular complexity index is 1500. The summed E-state index contributed by atoms with van der Waals surface area (Å²) in [5.41, 5.74) is 2.87. The normalized spacial score (nSPS) is 16.6. The van der Waals surface area contributed by atoms with Gasteiger partial charge in [0.05, 0.1) is 28.1 Å². The summed E-state index contributed by atoms with van der Waals surface area (Å²) < 4.78 is 57.7. The molecule has 1 heterocycles. The Labute approximate surface area is 211 Å². The SMILES string of the molecule is Cc1ccc(S(=O)(=O)N2CC(C(=O)NC(C)c3ccc(S(C)(=O)=O)cc3)Oc3cc(C)ccc32)cc1. The van der Waals surface area contributed by atoms with Crippen molar-refractivity contribution < 1.29 is 26.4 Å². The van der Waals surface area contributed by atoms with Crippen LogP contribution < -0.4 is 14.4 Å². The molecule has 0 aliphatic carbocycles. The number of ether oxygens (including phenoxy) is 1. The molecule has 0 fully saturated rings. The minimum absolute atomic E-state index is 0.125. The number of aryl methyl sites for hydroxylation is 2. The number of benzene rings is 3. The lowest BCUT2D eigenvalue weighted by atomic mass is 10.1. The van der Waals surface area contributed by atoms with Crippen LogP contribution in [0.3, 0.4) is 0 Å². The second-order valence-corrected chi connectivity index (χ2v) is 12.9. The molecule has 4 rings (SSSR count). The van der Waals surface area contributed by atoms with E-state index in [1.54, 1.807) is 61.5 Å². The van der Waals surface area contributed by atoms with Crippen molar-refractivity contribution >= 4 is 31.5 Å². The van der Waals surface area contributed by atoms with Crippen LogP contribution in [0.5, 0.6) is 5.75 Å². The zero-order valence-electron chi connectivity index (χ0n) is 20.4. The van der Waals surface area contributed by atoms with Gasteiger partial charge >= 0.3 is 0 Å². The number of amides is 1. The summed E-state index contributed by atoms with van der Waals surface area (Å²) in [7, 11) is -7.29. The summed E-state index contributed by atoms with van der Waals surface area (Å²) in [6, 6.07) is 17.5. The second-order valence-electron chi connectivity index (χ2n) is 9.00. The van der Waals surface area contributed by atoms with Crippen LogP contribution >= 0.6 is 0 Å². The minimum atomic E-state index is -3.95. The van der Waals surface area contributed by atoms with E-state index in [1.165, 1.54) is 16.4 Å². The van der Waals surface area contributed by atoms with Crippen LogP contribution in [-0.2, 0) is 24.7 Å². The molecular weight excluding hydrogens is 500 g/mol. The first kappa shape index (κ1) is 25.7. The van der Waals surface area contributed by atoms with E-state index in [0.717, 1.165) is 17.4 Å². The third-order valence-corrected chi connectivity index (χ3v) is 8.98. The highest BCUT2D eigenvalue weighted by atomic mass is 32.2. The van der Waals surface area contributed by atoms with E-state index in [-0.39, 0.29) is 16.3 Å². The van der Waals surface area contributed by atoms with Crippen LogP contribution in [0, 0.1) is 13.8 Å². The summed E-state index contributed by atoms with van der Waals surface area (Å²) in [5.74, 6) is -0.173. The highest BCUT2D eigenvalue weighted by Crippen LogP contribution is 2.38. The van der Waals surface area contributed by atoms with E-state index in [2.05, 4.69) is 5.32 Å². The molecule has 2 unspecified atom stereocenters. The molecule has 8 nitrogen and oxygen atoms in total. The van der Waals surface area contributed by atoms with Gasteiger partial charge in [-0.3, -0.25) is 9.10 Å². The van der Waals surface area contributed by atoms with Gasteiger partial charge in [-0.1, -0.05) is 35.9 Å². The predicted molar refractivity (Wildman–Crippen MR) is 137 cm³/mol. The molecule has 10 heteroatoms. The van der Waals surface area contributed by atoms with E-state index in [4.69, 9.17) is 4.74 Å². The van der Waals surface area contributed by atoms with E-state index in [0.29, 0.717) is 17.0 Å². The molecule has 2 atom stereocenters. The van der Waals surface area contributed by atoms with Gasteiger partial charge in [-0.15, -0.1) is 0 Å². The van der Waals surface area contributed by atoms with Crippen LogP contribution in [0.2, 0.25) is 0 Å². The third kappa shape index (κ3) is 5.24. The summed E-state index contributed by atoms with van der Waals surface area (Å²) in [6.07, 6.45) is 0.0427. The van der Waals surface area contributed by atoms with Crippen molar-refractivity contribution in [3.63, 3.8) is 0 Å². The van der Waals surface area contributed by atoms with Gasteiger partial charge in [-0.2, -0.15) is 0 Å². The maximum absolute atomic E-state index is 13.6. The first-order valence-electron chi connectivity index (χ1n) is 11.3. The number of fused-ring (bicyclic) bond motifs is 1. The summed E-state index contributed by atoms with van der Waals surface area (Å²) in [6.45, 7) is 5.29. The van der Waals surface area contributed by atoms with Crippen LogP contribution in [-0.4, -0.2) is 41.6 Å². The Hall–Kier alpha value is -3.37. The van der Waals surface area contributed by atoms with E-state index in [9.17, 15) is 21.6 Å². The third-order valence-electron chi connectivity index (χ3n) is 6.05. The Kier molecular flexibility index (Phi) is 6.85. The van der Waals surface area contributed by atoms with Gasteiger partial charge in [-0.25, -0.2) is 16.8 Å². The fraction of sp³-hybridized carbons (Fsp3) is 0.269. The number of hydrogen-bond acceptors (Lipinski definition) is 6. The van der Waals surface area contributed by atoms with Crippen molar-refractivity contribution in [1.82, 2.24) is 5.32 Å². The fourth-order valence-corrected chi connectivity index (χ4v) is 6.06. The number of sulfone groups is 1. The number of anilines is 1. The van der Waals surface area contributed by atoms with Crippen LogP contribution in [0.4, 0.5) is 5.69 Å². The predicted octanol–water partition coefficient (Wildman–Crippen LogP) is 3.54. The number of sulfonamides is 1. The fourth-order valence-electron chi connectivity index (χ4n) is 3.96. The van der Waals surface area contributed by atoms with Crippen LogP contribution in [0.25, 0.3) is 0 Å². The molecule has 36 heavy (non-hydrogen) atoms. The molecule has 3 aromatic rings. The molecule has 0 spiro atoms. The van der Waals surface area contributed by atoms with Gasteiger partial charge in [0, 0.05) is 6.26 Å². The zero-order chi connectivity index (χ0) is 26.3. The first-order valence-corrected chi connectivity index (χ1v) is 14.7. The molecular formula is C26H28N2O6S2. The molecule has 1 aliphatic heterocycles. The van der Waals surface area contributed by atoms with E-state index < -0.39 is 37.9 Å². The van der Waals surface area contributed by atoms with Crippen molar-refractivity contribution in [3.05, 3.63) is 83.4 Å². The van der Waals surface area contributed by atoms with Gasteiger partial charge in [0.25, 0.3) is 15.9 Å². The number of carbonyl (C=O) groups excluding carboxylic acids is 1. The monoisotopic (exact) mass is 528 g/mol. The van der Waals surface area contributed by atoms with Crippen molar-refractivity contribution in [2.45, 2.75) is 42.7 Å². The highest BCUT2D eigenvalue weighted by Gasteiger charge is 2.38. The number of carbonyl (C=O) groups is 1. The highest BCUT2D eigenvalue weighted by molar-refractivity contribution is 7.92. The molecule has 0 saturated heterocycles. The van der Waals surface area contributed by atoms with Crippen molar-refractivity contribution in [2.24, 2.45) is 0 Å². The Morgan fingerprint density at radius 1 is 0.917 bits per heavy atom. The number of nitrogens with zero attached hydrogens (tertiary/aromatic N) is 1. The summed E-state index contributed by atoms with van der Waals surface area (Å²) in [5, 5.41) is 2.85. The molecule has 0 radical (unpaired) electrons. The molecule has 0 saturated carbocycles. The zero-order valence-corrected chi connectivity index (χ0v) is 22.1. The largest absolute Gasteiger partial charge is 0.476 e. The lowest BCUT2D eigenvalue weighted by Crippen LogP contribution is -2.51. The molecule has 1 amide bonds. The number of hydrogen-bond donors (Lipinski definition) is 1. The first-order chi connectivity index (χ1) is 16.9. The van der Waals surface area contributed by atoms with Crippen molar-refractivity contribution in [2.75, 3.05) is 17.1 Å². The van der Waals surface area contributed by atoms with Gasteiger partial charge in [0.1, 0.15) is 5.75 Å². The molecule has 1 N–H and O–H groups in total.